The van der Waals surface area contributed by atoms with E-state index in [0.717, 1.165) is 6.20 Å². The van der Waals surface area contributed by atoms with Crippen molar-refractivity contribution in [1.29, 1.82) is 0 Å². The molecule has 7 heteroatoms. The number of Topliss-reactive ketones (excluding diaryl/α,β-unsaturated/α-hetero) is 1. The van der Waals surface area contributed by atoms with Gasteiger partial charge in [-0.25, -0.2) is 9.37 Å². The number of aliphatic hydroxyl groups is 1. The van der Waals surface area contributed by atoms with Crippen LogP contribution in [0.4, 0.5) is 8.78 Å². The van der Waals surface area contributed by atoms with Crippen LogP contribution < -0.4 is 0 Å². The summed E-state index contributed by atoms with van der Waals surface area (Å²) in [6.45, 7) is -1.25. The third-order valence-electron chi connectivity index (χ3n) is 1.29. The molecule has 1 aromatic rings. The lowest BCUT2D eigenvalue weighted by Gasteiger charge is -1.98. The molecule has 0 saturated carbocycles. The summed E-state index contributed by atoms with van der Waals surface area (Å²) in [5.74, 6) is -1.35. The van der Waals surface area contributed by atoms with Gasteiger partial charge in [0.1, 0.15) is 0 Å². The van der Waals surface area contributed by atoms with Gasteiger partial charge in [-0.3, -0.25) is 4.79 Å². The van der Waals surface area contributed by atoms with Crippen molar-refractivity contribution in [3.63, 3.8) is 0 Å². The van der Waals surface area contributed by atoms with E-state index in [1.165, 1.54) is 6.07 Å². The van der Waals surface area contributed by atoms with Crippen LogP contribution in [-0.4, -0.2) is 30.6 Å². The molecule has 3 nitrogen and oxygen atoms in total. The highest BCUT2D eigenvalue weighted by molar-refractivity contribution is 6.31. The fourth-order valence-electron chi connectivity index (χ4n) is 0.728. The second-order valence-electron chi connectivity index (χ2n) is 2.24. The highest BCUT2D eigenvalue weighted by atomic mass is 35.5. The highest BCUT2D eigenvalue weighted by Crippen LogP contribution is 2.13. The molecule has 0 atom stereocenters. The molecule has 80 valence electrons. The van der Waals surface area contributed by atoms with Crippen LogP contribution in [0.25, 0.3) is 0 Å². The van der Waals surface area contributed by atoms with Gasteiger partial charge in [0, 0.05) is 6.20 Å². The van der Waals surface area contributed by atoms with Gasteiger partial charge in [0.15, 0.2) is 12.6 Å². The largest absolute Gasteiger partial charge is 0.366 e. The van der Waals surface area contributed by atoms with E-state index in [1.54, 1.807) is 0 Å². The van der Waals surface area contributed by atoms with Crippen molar-refractivity contribution in [3.8, 4) is 0 Å². The number of aliphatic hydroxyl groups excluding tert-OH is 1. The Hall–Kier alpha value is -1.01. The van der Waals surface area contributed by atoms with Gasteiger partial charge in [-0.05, 0) is 12.4 Å². The monoisotopic (exact) mass is 233 g/mol. The Bertz CT molecular complexity index is 338. The average Bonchev–Trinajstić information content (AvgIpc) is 2.22. The minimum atomic E-state index is -1.25. The molecule has 2 radical (unpaired) electrons. The van der Waals surface area contributed by atoms with Gasteiger partial charge in [0.25, 0.3) is 0 Å². The van der Waals surface area contributed by atoms with Crippen LogP contribution >= 0.6 is 11.6 Å². The van der Waals surface area contributed by atoms with Crippen molar-refractivity contribution >= 4 is 25.2 Å². The molecule has 0 bridgehead atoms. The minimum Gasteiger partial charge on any atom is -0.366 e. The van der Waals surface area contributed by atoms with Crippen LogP contribution in [0.3, 0.4) is 0 Å². The summed E-state index contributed by atoms with van der Waals surface area (Å²) < 4.78 is 22.6. The molecular weight excluding hydrogens is 226 g/mol. The first-order chi connectivity index (χ1) is 7.06. The zero-order valence-electron chi connectivity index (χ0n) is 7.58. The molecule has 1 rings (SSSR count). The normalized spacial score (nSPS) is 9.07. The van der Waals surface area contributed by atoms with E-state index in [2.05, 4.69) is 4.98 Å². The number of carbonyl (C=O) groups excluding carboxylic acids is 1. The van der Waals surface area contributed by atoms with Crippen LogP contribution in [0.15, 0.2) is 12.3 Å². The molecule has 0 aliphatic rings. The van der Waals surface area contributed by atoms with Crippen molar-refractivity contribution in [2.24, 2.45) is 0 Å². The van der Waals surface area contributed by atoms with Gasteiger partial charge in [-0.1, -0.05) is 11.6 Å². The van der Waals surface area contributed by atoms with E-state index in [0.29, 0.717) is 0 Å². The van der Waals surface area contributed by atoms with Gasteiger partial charge >= 0.3 is 0 Å². The maximum absolute atomic E-state index is 12.8. The molecule has 0 spiro atoms. The third kappa shape index (κ3) is 4.85. The number of nitrogens with zero attached hydrogens (tertiary/aromatic N) is 1. The fraction of sp³-hybridized carbons (Fsp3) is 0.250. The first-order valence-corrected chi connectivity index (χ1v) is 4.15. The van der Waals surface area contributed by atoms with Crippen molar-refractivity contribution in [3.05, 3.63) is 28.8 Å². The van der Waals surface area contributed by atoms with Gasteiger partial charge in [-0.15, -0.1) is 0 Å². The molecule has 15 heavy (non-hydrogen) atoms. The summed E-state index contributed by atoms with van der Waals surface area (Å²) in [4.78, 5) is 14.2. The van der Waals surface area contributed by atoms with Gasteiger partial charge < -0.3 is 5.11 Å². The molecule has 1 heterocycles. The molecule has 0 aromatic carbocycles. The Labute approximate surface area is 91.5 Å². The Morgan fingerprint density at radius 3 is 2.67 bits per heavy atom. The maximum Gasteiger partial charge on any atom is 0.223 e. The predicted molar refractivity (Wildman–Crippen MR) is 52.3 cm³/mol. The second kappa shape index (κ2) is 7.31. The number of aromatic nitrogens is 1. The van der Waals surface area contributed by atoms with Crippen LogP contribution in [0.5, 0.6) is 0 Å². The highest BCUT2D eigenvalue weighted by Gasteiger charge is 2.10. The fourth-order valence-corrected chi connectivity index (χ4v) is 0.886. The number of halogens is 3. The lowest BCUT2D eigenvalue weighted by atomic mass is 9.97. The molecule has 0 aliphatic carbocycles. The topological polar surface area (TPSA) is 50.2 Å². The summed E-state index contributed by atoms with van der Waals surface area (Å²) in [6, 6.07) is 1.21. The zero-order chi connectivity index (χ0) is 11.8. The smallest absolute Gasteiger partial charge is 0.223 e. The van der Waals surface area contributed by atoms with Crippen molar-refractivity contribution < 1.29 is 18.7 Å². The SMILES string of the molecule is OCF.[B]CC(=O)c1cc(Cl)cnc1F. The second-order valence-corrected chi connectivity index (χ2v) is 2.68. The zero-order valence-corrected chi connectivity index (χ0v) is 8.34. The Kier molecular flexibility index (Phi) is 6.82. The average molecular weight is 233 g/mol. The number of hydrogen-bond acceptors (Lipinski definition) is 3. The first-order valence-electron chi connectivity index (χ1n) is 3.78. The van der Waals surface area contributed by atoms with Gasteiger partial charge in [-0.2, -0.15) is 4.39 Å². The molecule has 0 unspecified atom stereocenters. The molecule has 0 fully saturated rings. The van der Waals surface area contributed by atoms with Crippen molar-refractivity contribution in [2.45, 2.75) is 6.32 Å². The molecule has 1 N–H and O–H groups in total. The summed E-state index contributed by atoms with van der Waals surface area (Å²) in [5.41, 5.74) is -0.162. The predicted octanol–water partition coefficient (Wildman–Crippen LogP) is 1.55. The summed E-state index contributed by atoms with van der Waals surface area (Å²) >= 11 is 5.50. The molecule has 0 aliphatic heterocycles. The van der Waals surface area contributed by atoms with Crippen LogP contribution in [0, 0.1) is 5.95 Å². The number of alkyl halides is 1. The number of ketones is 1. The summed E-state index contributed by atoms with van der Waals surface area (Å²) in [5, 5.41) is 7.12. The van der Waals surface area contributed by atoms with E-state index in [4.69, 9.17) is 24.6 Å². The van der Waals surface area contributed by atoms with E-state index in [9.17, 15) is 13.6 Å². The number of hydrogen-bond donors (Lipinski definition) is 1. The maximum atomic E-state index is 12.8. The van der Waals surface area contributed by atoms with E-state index < -0.39 is 18.6 Å². The van der Waals surface area contributed by atoms with Gasteiger partial charge in [0.05, 0.1) is 18.4 Å². The Balaban J connectivity index is 0.000000583. The third-order valence-corrected chi connectivity index (χ3v) is 1.50. The standard InChI is InChI=1S/C7H4BClFNO.CH3FO/c8-2-6(12)5-1-4(9)3-11-7(5)10;2-1-3/h1,3H,2H2;3H,1H2. The van der Waals surface area contributed by atoms with E-state index in [-0.39, 0.29) is 16.9 Å². The lowest BCUT2D eigenvalue weighted by molar-refractivity contribution is 0.101. The number of rotatable bonds is 2. The van der Waals surface area contributed by atoms with E-state index in [1.807, 2.05) is 0 Å². The Morgan fingerprint density at radius 2 is 2.20 bits per heavy atom. The Morgan fingerprint density at radius 1 is 1.67 bits per heavy atom. The lowest BCUT2D eigenvalue weighted by Crippen LogP contribution is -2.02. The number of carbonyl (C=O) groups is 1. The first kappa shape index (κ1) is 14.0. The summed E-state index contributed by atoms with van der Waals surface area (Å²) in [6.07, 6.45) is 0.878. The summed E-state index contributed by atoms with van der Waals surface area (Å²) in [7, 11) is 5.04. The molecular formula is C8H7BClF2NO2. The van der Waals surface area contributed by atoms with E-state index >= 15 is 0 Å². The molecule has 1 aromatic heterocycles. The van der Waals surface area contributed by atoms with Crippen molar-refractivity contribution in [2.75, 3.05) is 6.86 Å². The van der Waals surface area contributed by atoms with Gasteiger partial charge in [0.2, 0.25) is 5.95 Å². The number of pyridine rings is 1. The van der Waals surface area contributed by atoms with Crippen molar-refractivity contribution in [1.82, 2.24) is 4.98 Å². The molecule has 0 saturated heterocycles. The van der Waals surface area contributed by atoms with Crippen LogP contribution in [-0.2, 0) is 0 Å². The van der Waals surface area contributed by atoms with Crippen LogP contribution in [0.1, 0.15) is 10.4 Å². The molecule has 0 amide bonds. The van der Waals surface area contributed by atoms with Crippen LogP contribution in [0.2, 0.25) is 11.3 Å². The minimum absolute atomic E-state index is 0.162. The quantitative estimate of drug-likeness (QED) is 0.479.